The normalized spacial score (nSPS) is 9.50. The quantitative estimate of drug-likeness (QED) is 0.689. The highest BCUT2D eigenvalue weighted by Gasteiger charge is 1.98. The predicted octanol–water partition coefficient (Wildman–Crippen LogP) is 0.639. The molecule has 0 aliphatic heterocycles. The number of hydrogen-bond donors (Lipinski definition) is 2. The lowest BCUT2D eigenvalue weighted by Gasteiger charge is -2.04. The van der Waals surface area contributed by atoms with Gasteiger partial charge in [-0.1, -0.05) is 0 Å². The average Bonchev–Trinajstić information content (AvgIpc) is 2.21. The number of pyridine rings is 1. The fraction of sp³-hybridized carbons (Fsp3) is 0.333. The predicted molar refractivity (Wildman–Crippen MR) is 53.8 cm³/mol. The van der Waals surface area contributed by atoms with Crippen LogP contribution in [0.15, 0.2) is 18.3 Å². The third-order valence-electron chi connectivity index (χ3n) is 1.67. The third-order valence-corrected chi connectivity index (χ3v) is 1.67. The van der Waals surface area contributed by atoms with Gasteiger partial charge in [0.15, 0.2) is 0 Å². The number of nitrogen functional groups attached to an aromatic ring is 1. The lowest BCUT2D eigenvalue weighted by molar-refractivity contribution is -0.140. The Morgan fingerprint density at radius 2 is 2.43 bits per heavy atom. The van der Waals surface area contributed by atoms with E-state index in [1.165, 1.54) is 7.11 Å². The van der Waals surface area contributed by atoms with Gasteiger partial charge in [-0.15, -0.1) is 0 Å². The van der Waals surface area contributed by atoms with Crippen LogP contribution in [-0.2, 0) is 9.53 Å². The molecule has 0 unspecified atom stereocenters. The molecule has 1 rings (SSSR count). The zero-order valence-electron chi connectivity index (χ0n) is 7.99. The van der Waals surface area contributed by atoms with E-state index in [4.69, 9.17) is 5.73 Å². The first-order chi connectivity index (χ1) is 6.72. The smallest absolute Gasteiger partial charge is 0.307 e. The summed E-state index contributed by atoms with van der Waals surface area (Å²) in [5, 5.41) is 3.02. The number of hydrogen-bond acceptors (Lipinski definition) is 5. The molecule has 0 bridgehead atoms. The molecule has 0 radical (unpaired) electrons. The summed E-state index contributed by atoms with van der Waals surface area (Å²) in [4.78, 5) is 14.7. The number of aromatic nitrogens is 1. The maximum absolute atomic E-state index is 10.8. The maximum Gasteiger partial charge on any atom is 0.307 e. The van der Waals surface area contributed by atoms with Crippen molar-refractivity contribution in [2.45, 2.75) is 6.42 Å². The molecule has 1 heterocycles. The van der Waals surface area contributed by atoms with Gasteiger partial charge in [0.05, 0.1) is 25.4 Å². The largest absolute Gasteiger partial charge is 0.469 e. The molecule has 0 aromatic carbocycles. The number of ether oxygens (including phenoxy) is 1. The molecule has 3 N–H and O–H groups in total. The maximum atomic E-state index is 10.8. The Hall–Kier alpha value is -1.78. The SMILES string of the molecule is COC(=O)CCNc1ccc(N)nc1. The molecule has 76 valence electrons. The number of rotatable bonds is 4. The van der Waals surface area contributed by atoms with Crippen molar-refractivity contribution < 1.29 is 9.53 Å². The van der Waals surface area contributed by atoms with Gasteiger partial charge in [-0.3, -0.25) is 4.79 Å². The first-order valence-corrected chi connectivity index (χ1v) is 4.24. The van der Waals surface area contributed by atoms with Crippen LogP contribution in [0.2, 0.25) is 0 Å². The van der Waals surface area contributed by atoms with E-state index in [-0.39, 0.29) is 5.97 Å². The topological polar surface area (TPSA) is 77.2 Å². The molecule has 5 nitrogen and oxygen atoms in total. The summed E-state index contributed by atoms with van der Waals surface area (Å²) in [7, 11) is 1.37. The van der Waals surface area contributed by atoms with Crippen LogP contribution in [0.25, 0.3) is 0 Å². The lowest BCUT2D eigenvalue weighted by Crippen LogP contribution is -2.09. The second-order valence-corrected chi connectivity index (χ2v) is 2.72. The number of carbonyl (C=O) groups is 1. The molecule has 0 aliphatic carbocycles. The van der Waals surface area contributed by atoms with Gasteiger partial charge in [-0.2, -0.15) is 0 Å². The summed E-state index contributed by atoms with van der Waals surface area (Å²) >= 11 is 0. The second kappa shape index (κ2) is 5.06. The van der Waals surface area contributed by atoms with Crippen LogP contribution >= 0.6 is 0 Å². The van der Waals surface area contributed by atoms with E-state index in [9.17, 15) is 4.79 Å². The third kappa shape index (κ3) is 3.30. The standard InChI is InChI=1S/C9H13N3O2/c1-14-9(13)4-5-11-7-2-3-8(10)12-6-7/h2-3,6,11H,4-5H2,1H3,(H2,10,12). The lowest BCUT2D eigenvalue weighted by atomic mass is 10.3. The van der Waals surface area contributed by atoms with Crippen molar-refractivity contribution >= 4 is 17.5 Å². The Labute approximate surface area is 82.3 Å². The van der Waals surface area contributed by atoms with Gasteiger partial charge in [0.25, 0.3) is 0 Å². The van der Waals surface area contributed by atoms with E-state index >= 15 is 0 Å². The van der Waals surface area contributed by atoms with Crippen molar-refractivity contribution in [3.05, 3.63) is 18.3 Å². The minimum Gasteiger partial charge on any atom is -0.469 e. The monoisotopic (exact) mass is 195 g/mol. The van der Waals surface area contributed by atoms with E-state index < -0.39 is 0 Å². The summed E-state index contributed by atoms with van der Waals surface area (Å²) in [5.74, 6) is 0.240. The molecular formula is C9H13N3O2. The summed E-state index contributed by atoms with van der Waals surface area (Å²) in [6, 6.07) is 3.50. The van der Waals surface area contributed by atoms with E-state index in [1.54, 1.807) is 18.3 Å². The number of nitrogens with zero attached hydrogens (tertiary/aromatic N) is 1. The first-order valence-electron chi connectivity index (χ1n) is 4.24. The highest BCUT2D eigenvalue weighted by Crippen LogP contribution is 2.06. The fourth-order valence-corrected chi connectivity index (χ4v) is 0.921. The molecule has 1 aromatic heterocycles. The molecule has 0 atom stereocenters. The summed E-state index contributed by atoms with van der Waals surface area (Å²) in [6.45, 7) is 0.526. The van der Waals surface area contributed by atoms with Crippen molar-refractivity contribution in [1.29, 1.82) is 0 Å². The van der Waals surface area contributed by atoms with Crippen LogP contribution in [0, 0.1) is 0 Å². The zero-order valence-corrected chi connectivity index (χ0v) is 7.99. The van der Waals surface area contributed by atoms with Gasteiger partial charge in [-0.25, -0.2) is 4.98 Å². The molecule has 5 heteroatoms. The van der Waals surface area contributed by atoms with E-state index in [0.717, 1.165) is 5.69 Å². The van der Waals surface area contributed by atoms with Crippen LogP contribution in [-0.4, -0.2) is 24.6 Å². The summed E-state index contributed by atoms with van der Waals surface area (Å²) < 4.78 is 4.49. The van der Waals surface area contributed by atoms with Crippen LogP contribution in [0.5, 0.6) is 0 Å². The number of esters is 1. The van der Waals surface area contributed by atoms with Crippen LogP contribution in [0.4, 0.5) is 11.5 Å². The van der Waals surface area contributed by atoms with Crippen LogP contribution in [0.1, 0.15) is 6.42 Å². The molecule has 1 aromatic rings. The number of carbonyl (C=O) groups excluding carboxylic acids is 1. The van der Waals surface area contributed by atoms with Gasteiger partial charge >= 0.3 is 5.97 Å². The molecule has 0 aliphatic rings. The van der Waals surface area contributed by atoms with Crippen LogP contribution in [0.3, 0.4) is 0 Å². The van der Waals surface area contributed by atoms with Crippen molar-refractivity contribution in [1.82, 2.24) is 4.98 Å². The summed E-state index contributed by atoms with van der Waals surface area (Å²) in [6.07, 6.45) is 1.95. The van der Waals surface area contributed by atoms with Crippen molar-refractivity contribution in [2.24, 2.45) is 0 Å². The Balaban J connectivity index is 2.31. The van der Waals surface area contributed by atoms with Gasteiger partial charge in [0, 0.05) is 6.54 Å². The minimum atomic E-state index is -0.235. The first kappa shape index (κ1) is 10.3. The number of nitrogens with one attached hydrogen (secondary N) is 1. The molecule has 0 saturated heterocycles. The van der Waals surface area contributed by atoms with Gasteiger partial charge in [0.1, 0.15) is 5.82 Å². The Kier molecular flexibility index (Phi) is 3.72. The minimum absolute atomic E-state index is 0.235. The van der Waals surface area contributed by atoms with Crippen molar-refractivity contribution in [3.8, 4) is 0 Å². The summed E-state index contributed by atoms with van der Waals surface area (Å²) in [5.41, 5.74) is 6.25. The molecule has 0 spiro atoms. The Bertz CT molecular complexity index is 297. The van der Waals surface area contributed by atoms with Crippen molar-refractivity contribution in [2.75, 3.05) is 24.7 Å². The van der Waals surface area contributed by atoms with Crippen molar-refractivity contribution in [3.63, 3.8) is 0 Å². The highest BCUT2D eigenvalue weighted by molar-refractivity contribution is 5.69. The van der Waals surface area contributed by atoms with E-state index in [0.29, 0.717) is 18.8 Å². The Morgan fingerprint density at radius 3 is 3.00 bits per heavy atom. The van der Waals surface area contributed by atoms with Crippen LogP contribution < -0.4 is 11.1 Å². The number of anilines is 2. The van der Waals surface area contributed by atoms with E-state index in [2.05, 4.69) is 15.0 Å². The molecule has 0 fully saturated rings. The molecule has 14 heavy (non-hydrogen) atoms. The van der Waals surface area contributed by atoms with Gasteiger partial charge in [0.2, 0.25) is 0 Å². The molecule has 0 amide bonds. The highest BCUT2D eigenvalue weighted by atomic mass is 16.5. The van der Waals surface area contributed by atoms with E-state index in [1.807, 2.05) is 0 Å². The fourth-order valence-electron chi connectivity index (χ4n) is 0.921. The Morgan fingerprint density at radius 1 is 1.64 bits per heavy atom. The number of methoxy groups -OCH3 is 1. The second-order valence-electron chi connectivity index (χ2n) is 2.72. The molecular weight excluding hydrogens is 182 g/mol. The zero-order chi connectivity index (χ0) is 10.4. The van der Waals surface area contributed by atoms with Gasteiger partial charge < -0.3 is 15.8 Å². The number of nitrogens with two attached hydrogens (primary N) is 1. The van der Waals surface area contributed by atoms with Gasteiger partial charge in [-0.05, 0) is 12.1 Å². The average molecular weight is 195 g/mol. The molecule has 0 saturated carbocycles.